The summed E-state index contributed by atoms with van der Waals surface area (Å²) in [5, 5.41) is 0. The maximum absolute atomic E-state index is 11.9. The Bertz CT molecular complexity index is 1090. The first-order valence-electron chi connectivity index (χ1n) is 12.3. The number of ether oxygens (including phenoxy) is 3. The van der Waals surface area contributed by atoms with Crippen molar-refractivity contribution in [3.63, 3.8) is 0 Å². The third-order valence-electron chi connectivity index (χ3n) is 7.04. The molecule has 1 aliphatic carbocycles. The van der Waals surface area contributed by atoms with E-state index in [0.29, 0.717) is 11.7 Å². The van der Waals surface area contributed by atoms with E-state index >= 15 is 0 Å². The fourth-order valence-electron chi connectivity index (χ4n) is 5.46. The van der Waals surface area contributed by atoms with Crippen LogP contribution in [0.2, 0.25) is 0 Å². The van der Waals surface area contributed by atoms with Crippen LogP contribution in [0.25, 0.3) is 5.76 Å². The van der Waals surface area contributed by atoms with E-state index < -0.39 is 6.29 Å². The number of hydrogen-bond donors (Lipinski definition) is 0. The van der Waals surface area contributed by atoms with Gasteiger partial charge in [-0.2, -0.15) is 0 Å². The van der Waals surface area contributed by atoms with Gasteiger partial charge in [-0.05, 0) is 69.9 Å². The highest BCUT2D eigenvalue weighted by molar-refractivity contribution is 5.67. The molecule has 0 spiro atoms. The summed E-state index contributed by atoms with van der Waals surface area (Å²) in [6, 6.07) is 12.0. The zero-order chi connectivity index (χ0) is 24.4. The zero-order valence-corrected chi connectivity index (χ0v) is 21.0. The lowest BCUT2D eigenvalue weighted by molar-refractivity contribution is -0.174. The molecule has 1 heterocycles. The van der Waals surface area contributed by atoms with Gasteiger partial charge in [-0.15, -0.1) is 0 Å². The van der Waals surface area contributed by atoms with Crippen LogP contribution in [0.1, 0.15) is 87.5 Å². The highest BCUT2D eigenvalue weighted by atomic mass is 16.7. The number of benzene rings is 2. The SMILES string of the molecule is C=C(Oc1cc(C)c2c3c1[C@H](C)CC[C@H]3[C@H](CCC=C(C)C)C(OC(C)=O)O2)c1ccccc1. The molecule has 2 aromatic rings. The van der Waals surface area contributed by atoms with Crippen molar-refractivity contribution < 1.29 is 19.0 Å². The van der Waals surface area contributed by atoms with Crippen molar-refractivity contribution in [2.45, 2.75) is 78.4 Å². The Hall–Kier alpha value is -3.01. The predicted octanol–water partition coefficient (Wildman–Crippen LogP) is 7.67. The minimum absolute atomic E-state index is 0.102. The third kappa shape index (κ3) is 4.91. The summed E-state index contributed by atoms with van der Waals surface area (Å²) in [5.74, 6) is 2.76. The second-order valence-electron chi connectivity index (χ2n) is 9.94. The summed E-state index contributed by atoms with van der Waals surface area (Å²) in [6.45, 7) is 14.2. The number of carbonyl (C=O) groups excluding carboxylic acids is 1. The van der Waals surface area contributed by atoms with Crippen LogP contribution in [0.5, 0.6) is 11.5 Å². The molecule has 1 aliphatic heterocycles. The molecule has 2 aromatic carbocycles. The first-order valence-corrected chi connectivity index (χ1v) is 12.3. The lowest BCUT2D eigenvalue weighted by atomic mass is 9.68. The number of carbonyl (C=O) groups is 1. The monoisotopic (exact) mass is 460 g/mol. The van der Waals surface area contributed by atoms with Crippen LogP contribution in [-0.2, 0) is 9.53 Å². The Balaban J connectivity index is 1.76. The van der Waals surface area contributed by atoms with Crippen LogP contribution in [0.3, 0.4) is 0 Å². The van der Waals surface area contributed by atoms with Crippen molar-refractivity contribution in [1.29, 1.82) is 0 Å². The molecular formula is C30H36O4. The Morgan fingerprint density at radius 3 is 2.56 bits per heavy atom. The van der Waals surface area contributed by atoms with Crippen molar-refractivity contribution in [1.82, 2.24) is 0 Å². The average Bonchev–Trinajstić information content (AvgIpc) is 2.79. The van der Waals surface area contributed by atoms with Crippen LogP contribution < -0.4 is 9.47 Å². The van der Waals surface area contributed by atoms with Crippen LogP contribution >= 0.6 is 0 Å². The smallest absolute Gasteiger partial charge is 0.305 e. The Morgan fingerprint density at radius 1 is 1.15 bits per heavy atom. The Kier molecular flexibility index (Phi) is 7.16. The van der Waals surface area contributed by atoms with Crippen molar-refractivity contribution in [2.75, 3.05) is 0 Å². The minimum Gasteiger partial charge on any atom is -0.457 e. The molecule has 4 rings (SSSR count). The molecule has 0 bridgehead atoms. The van der Waals surface area contributed by atoms with Gasteiger partial charge < -0.3 is 14.2 Å². The molecule has 180 valence electrons. The summed E-state index contributed by atoms with van der Waals surface area (Å²) in [5.41, 5.74) is 5.71. The highest BCUT2D eigenvalue weighted by Gasteiger charge is 2.45. The van der Waals surface area contributed by atoms with Gasteiger partial charge in [-0.1, -0.05) is 55.5 Å². The predicted molar refractivity (Wildman–Crippen MR) is 136 cm³/mol. The number of allylic oxidation sites excluding steroid dienone is 2. The van der Waals surface area contributed by atoms with Gasteiger partial charge in [0.15, 0.2) is 0 Å². The molecule has 4 nitrogen and oxygen atoms in total. The molecule has 0 amide bonds. The van der Waals surface area contributed by atoms with E-state index in [1.807, 2.05) is 37.3 Å². The third-order valence-corrected chi connectivity index (χ3v) is 7.04. The first kappa shape index (κ1) is 24.1. The van der Waals surface area contributed by atoms with E-state index in [2.05, 4.69) is 39.5 Å². The summed E-state index contributed by atoms with van der Waals surface area (Å²) >= 11 is 0. The molecule has 0 N–H and O–H groups in total. The van der Waals surface area contributed by atoms with Gasteiger partial charge in [0.1, 0.15) is 17.3 Å². The van der Waals surface area contributed by atoms with E-state index in [1.165, 1.54) is 23.6 Å². The summed E-state index contributed by atoms with van der Waals surface area (Å²) in [7, 11) is 0. The molecule has 0 radical (unpaired) electrons. The molecular weight excluding hydrogens is 424 g/mol. The topological polar surface area (TPSA) is 44.8 Å². The van der Waals surface area contributed by atoms with Gasteiger partial charge in [-0.25, -0.2) is 0 Å². The van der Waals surface area contributed by atoms with Gasteiger partial charge in [0.2, 0.25) is 6.29 Å². The molecule has 0 fully saturated rings. The second-order valence-corrected chi connectivity index (χ2v) is 9.94. The fraction of sp³-hybridized carbons (Fsp3) is 0.433. The van der Waals surface area contributed by atoms with Crippen molar-refractivity contribution in [3.8, 4) is 11.5 Å². The number of rotatable bonds is 7. The van der Waals surface area contributed by atoms with Crippen LogP contribution in [0.15, 0.2) is 54.6 Å². The van der Waals surface area contributed by atoms with Gasteiger partial charge >= 0.3 is 5.97 Å². The van der Waals surface area contributed by atoms with E-state index in [9.17, 15) is 4.79 Å². The molecule has 4 atom stereocenters. The summed E-state index contributed by atoms with van der Waals surface area (Å²) < 4.78 is 18.6. The molecule has 2 aliphatic rings. The van der Waals surface area contributed by atoms with E-state index in [-0.39, 0.29) is 17.8 Å². The van der Waals surface area contributed by atoms with Crippen molar-refractivity contribution >= 4 is 11.7 Å². The molecule has 1 unspecified atom stereocenters. The first-order chi connectivity index (χ1) is 16.3. The van der Waals surface area contributed by atoms with Crippen LogP contribution in [0.4, 0.5) is 0 Å². The van der Waals surface area contributed by atoms with Crippen LogP contribution in [-0.4, -0.2) is 12.3 Å². The van der Waals surface area contributed by atoms with E-state index in [4.69, 9.17) is 14.2 Å². The maximum Gasteiger partial charge on any atom is 0.305 e. The maximum atomic E-state index is 11.9. The number of aryl methyl sites for hydroxylation is 1. The van der Waals surface area contributed by atoms with E-state index in [0.717, 1.165) is 48.3 Å². The van der Waals surface area contributed by atoms with E-state index in [1.54, 1.807) is 0 Å². The van der Waals surface area contributed by atoms with Gasteiger partial charge in [0.05, 0.1) is 0 Å². The quantitative estimate of drug-likeness (QED) is 0.242. The Morgan fingerprint density at radius 2 is 1.88 bits per heavy atom. The molecule has 34 heavy (non-hydrogen) atoms. The van der Waals surface area contributed by atoms with Gasteiger partial charge in [0.25, 0.3) is 0 Å². The minimum atomic E-state index is -0.563. The average molecular weight is 461 g/mol. The second kappa shape index (κ2) is 10.1. The van der Waals surface area contributed by atoms with Crippen molar-refractivity contribution in [2.24, 2.45) is 5.92 Å². The standard InChI is InChI=1S/C30H36O4/c1-18(2)11-10-14-25-24-16-15-19(3)27-26(32-21(5)23-12-8-7-9-13-23)17-20(4)29(28(24)27)34-30(25)33-22(6)31/h7-9,11-13,17,19,24-25,30H,5,10,14-16H2,1-4,6H3/t19-,24+,25+,30?/m1/s1. The molecule has 0 saturated heterocycles. The highest BCUT2D eigenvalue weighted by Crippen LogP contribution is 2.56. The zero-order valence-electron chi connectivity index (χ0n) is 21.0. The van der Waals surface area contributed by atoms with Gasteiger partial charge in [-0.3, -0.25) is 4.79 Å². The van der Waals surface area contributed by atoms with Crippen LogP contribution in [0, 0.1) is 12.8 Å². The van der Waals surface area contributed by atoms with Gasteiger partial charge in [0, 0.05) is 29.5 Å². The largest absolute Gasteiger partial charge is 0.457 e. The van der Waals surface area contributed by atoms with Crippen molar-refractivity contribution in [3.05, 3.63) is 76.9 Å². The normalized spacial score (nSPS) is 22.7. The molecule has 4 heteroatoms. The lowest BCUT2D eigenvalue weighted by Gasteiger charge is -2.44. The number of esters is 1. The lowest BCUT2D eigenvalue weighted by Crippen LogP contribution is -2.41. The fourth-order valence-corrected chi connectivity index (χ4v) is 5.46. The molecule has 0 aromatic heterocycles. The molecule has 0 saturated carbocycles. The number of hydrogen-bond acceptors (Lipinski definition) is 4. The summed E-state index contributed by atoms with van der Waals surface area (Å²) in [4.78, 5) is 11.9. The Labute approximate surface area is 203 Å². The summed E-state index contributed by atoms with van der Waals surface area (Å²) in [6.07, 6.45) is 5.63.